The summed E-state index contributed by atoms with van der Waals surface area (Å²) >= 11 is 0. The molecule has 1 aliphatic heterocycles. The van der Waals surface area contributed by atoms with Crippen molar-refractivity contribution in [2.45, 2.75) is 38.3 Å². The van der Waals surface area contributed by atoms with Gasteiger partial charge in [0.25, 0.3) is 5.91 Å². The van der Waals surface area contributed by atoms with Crippen molar-refractivity contribution in [1.29, 1.82) is 0 Å². The molecule has 2 aromatic carbocycles. The number of halogens is 1. The van der Waals surface area contributed by atoms with E-state index in [0.717, 1.165) is 18.4 Å². The summed E-state index contributed by atoms with van der Waals surface area (Å²) in [6.07, 6.45) is 1.57. The highest BCUT2D eigenvalue weighted by Crippen LogP contribution is 2.29. The molecule has 2 aromatic rings. The first-order valence-corrected chi connectivity index (χ1v) is 8.37. The van der Waals surface area contributed by atoms with Gasteiger partial charge in [-0.05, 0) is 43.4 Å². The maximum atomic E-state index is 14.3. The van der Waals surface area contributed by atoms with E-state index in [4.69, 9.17) is 0 Å². The number of nitrogens with zero attached hydrogens (tertiary/aromatic N) is 1. The van der Waals surface area contributed by atoms with Crippen LogP contribution in [0, 0.1) is 12.7 Å². The Labute approximate surface area is 141 Å². The third-order valence-corrected chi connectivity index (χ3v) is 4.74. The third kappa shape index (κ3) is 3.34. The van der Waals surface area contributed by atoms with Gasteiger partial charge in [-0.3, -0.25) is 4.79 Å². The Bertz CT molecular complexity index is 717. The standard InChI is InChI=1S/C20H22FNO2/c1-14-7-5-11-17(19(14)21)20(24)22-12-6-10-16(22)13-18(23)15-8-3-2-4-9-15/h2-5,7-9,11,16,18,23H,6,10,12-13H2,1H3. The number of carbonyl (C=O) groups is 1. The Morgan fingerprint density at radius 3 is 2.75 bits per heavy atom. The zero-order valence-corrected chi connectivity index (χ0v) is 13.8. The summed E-state index contributed by atoms with van der Waals surface area (Å²) in [5, 5.41) is 10.4. The summed E-state index contributed by atoms with van der Waals surface area (Å²) in [5.74, 6) is -0.726. The quantitative estimate of drug-likeness (QED) is 0.926. The first-order valence-electron chi connectivity index (χ1n) is 8.37. The largest absolute Gasteiger partial charge is 0.388 e. The number of rotatable bonds is 4. The van der Waals surface area contributed by atoms with Gasteiger partial charge in [-0.1, -0.05) is 42.5 Å². The van der Waals surface area contributed by atoms with Crippen molar-refractivity contribution in [3.63, 3.8) is 0 Å². The molecular weight excluding hydrogens is 305 g/mol. The first-order chi connectivity index (χ1) is 11.6. The summed E-state index contributed by atoms with van der Waals surface area (Å²) in [7, 11) is 0. The van der Waals surface area contributed by atoms with Crippen LogP contribution in [0.3, 0.4) is 0 Å². The zero-order chi connectivity index (χ0) is 17.1. The molecule has 3 rings (SSSR count). The minimum Gasteiger partial charge on any atom is -0.388 e. The molecule has 0 radical (unpaired) electrons. The van der Waals surface area contributed by atoms with Gasteiger partial charge in [0.05, 0.1) is 11.7 Å². The van der Waals surface area contributed by atoms with E-state index in [9.17, 15) is 14.3 Å². The van der Waals surface area contributed by atoms with Crippen molar-refractivity contribution in [3.8, 4) is 0 Å². The number of amides is 1. The predicted molar refractivity (Wildman–Crippen MR) is 91.2 cm³/mol. The molecule has 0 bridgehead atoms. The van der Waals surface area contributed by atoms with Gasteiger partial charge in [0.1, 0.15) is 5.82 Å². The van der Waals surface area contributed by atoms with Crippen LogP contribution in [0.15, 0.2) is 48.5 Å². The Hall–Kier alpha value is -2.20. The molecule has 3 nitrogen and oxygen atoms in total. The number of likely N-dealkylation sites (tertiary alicyclic amines) is 1. The van der Waals surface area contributed by atoms with Crippen molar-refractivity contribution >= 4 is 5.91 Å². The third-order valence-electron chi connectivity index (χ3n) is 4.74. The van der Waals surface area contributed by atoms with E-state index in [-0.39, 0.29) is 17.5 Å². The minimum absolute atomic E-state index is 0.0624. The zero-order valence-electron chi connectivity index (χ0n) is 13.8. The lowest BCUT2D eigenvalue weighted by molar-refractivity contribution is 0.0662. The smallest absolute Gasteiger partial charge is 0.257 e. The van der Waals surface area contributed by atoms with Crippen molar-refractivity contribution < 1.29 is 14.3 Å². The molecule has 0 aromatic heterocycles. The monoisotopic (exact) mass is 327 g/mol. The number of hydrogen-bond acceptors (Lipinski definition) is 2. The molecule has 2 unspecified atom stereocenters. The van der Waals surface area contributed by atoms with Crippen LogP contribution in [0.4, 0.5) is 4.39 Å². The number of benzene rings is 2. The fraction of sp³-hybridized carbons (Fsp3) is 0.350. The Morgan fingerprint density at radius 2 is 2.00 bits per heavy atom. The minimum atomic E-state index is -0.619. The maximum absolute atomic E-state index is 14.3. The molecule has 1 saturated heterocycles. The number of aryl methyl sites for hydroxylation is 1. The number of aliphatic hydroxyl groups is 1. The van der Waals surface area contributed by atoms with Gasteiger partial charge >= 0.3 is 0 Å². The molecule has 0 spiro atoms. The van der Waals surface area contributed by atoms with Crippen molar-refractivity contribution in [2.24, 2.45) is 0 Å². The fourth-order valence-electron chi connectivity index (χ4n) is 3.38. The average Bonchev–Trinajstić information content (AvgIpc) is 3.05. The van der Waals surface area contributed by atoms with Crippen LogP contribution in [0.25, 0.3) is 0 Å². The van der Waals surface area contributed by atoms with Crippen LogP contribution in [0.2, 0.25) is 0 Å². The average molecular weight is 327 g/mol. The SMILES string of the molecule is Cc1cccc(C(=O)N2CCCC2CC(O)c2ccccc2)c1F. The number of carbonyl (C=O) groups excluding carboxylic acids is 1. The lowest BCUT2D eigenvalue weighted by Gasteiger charge is -2.27. The van der Waals surface area contributed by atoms with E-state index in [1.54, 1.807) is 24.0 Å². The Morgan fingerprint density at radius 1 is 1.25 bits per heavy atom. The molecule has 4 heteroatoms. The van der Waals surface area contributed by atoms with Gasteiger partial charge in [-0.25, -0.2) is 4.39 Å². The van der Waals surface area contributed by atoms with Crippen molar-refractivity contribution in [3.05, 3.63) is 71.0 Å². The van der Waals surface area contributed by atoms with Gasteiger partial charge in [-0.15, -0.1) is 0 Å². The van der Waals surface area contributed by atoms with E-state index < -0.39 is 11.9 Å². The van der Waals surface area contributed by atoms with Crippen LogP contribution < -0.4 is 0 Å². The molecule has 24 heavy (non-hydrogen) atoms. The second-order valence-electron chi connectivity index (χ2n) is 6.39. The molecule has 0 aliphatic carbocycles. The topological polar surface area (TPSA) is 40.5 Å². The van der Waals surface area contributed by atoms with E-state index in [1.165, 1.54) is 6.07 Å². The highest BCUT2D eigenvalue weighted by Gasteiger charge is 2.32. The van der Waals surface area contributed by atoms with E-state index in [0.29, 0.717) is 18.5 Å². The molecule has 1 heterocycles. The van der Waals surface area contributed by atoms with Crippen LogP contribution in [0.5, 0.6) is 0 Å². The van der Waals surface area contributed by atoms with Gasteiger partial charge in [0.15, 0.2) is 0 Å². The van der Waals surface area contributed by atoms with Gasteiger partial charge in [0, 0.05) is 12.6 Å². The van der Waals surface area contributed by atoms with Gasteiger partial charge < -0.3 is 10.0 Å². The lowest BCUT2D eigenvalue weighted by atomic mass is 10.00. The highest BCUT2D eigenvalue weighted by molar-refractivity contribution is 5.95. The number of hydrogen-bond donors (Lipinski definition) is 1. The second-order valence-corrected chi connectivity index (χ2v) is 6.39. The summed E-state index contributed by atoms with van der Waals surface area (Å²) < 4.78 is 14.3. The van der Waals surface area contributed by atoms with Crippen LogP contribution >= 0.6 is 0 Å². The van der Waals surface area contributed by atoms with E-state index in [1.807, 2.05) is 30.3 Å². The van der Waals surface area contributed by atoms with Crippen LogP contribution in [-0.4, -0.2) is 28.5 Å². The lowest BCUT2D eigenvalue weighted by Crippen LogP contribution is -2.37. The van der Waals surface area contributed by atoms with Crippen molar-refractivity contribution in [2.75, 3.05) is 6.54 Å². The summed E-state index contributed by atoms with van der Waals surface area (Å²) in [6.45, 7) is 2.27. The highest BCUT2D eigenvalue weighted by atomic mass is 19.1. The van der Waals surface area contributed by atoms with Crippen LogP contribution in [-0.2, 0) is 0 Å². The fourth-order valence-corrected chi connectivity index (χ4v) is 3.38. The predicted octanol–water partition coefficient (Wildman–Crippen LogP) is 3.86. The second kappa shape index (κ2) is 7.14. The van der Waals surface area contributed by atoms with Crippen molar-refractivity contribution in [1.82, 2.24) is 4.90 Å². The molecule has 0 saturated carbocycles. The molecular formula is C20H22FNO2. The Balaban J connectivity index is 1.76. The van der Waals surface area contributed by atoms with E-state index >= 15 is 0 Å². The maximum Gasteiger partial charge on any atom is 0.257 e. The summed E-state index contributed by atoms with van der Waals surface area (Å²) in [4.78, 5) is 14.5. The molecule has 1 amide bonds. The molecule has 1 aliphatic rings. The van der Waals surface area contributed by atoms with Crippen LogP contribution in [0.1, 0.15) is 46.9 Å². The van der Waals surface area contributed by atoms with Gasteiger partial charge in [-0.2, -0.15) is 0 Å². The Kier molecular flexibility index (Phi) is 4.95. The molecule has 2 atom stereocenters. The molecule has 1 fully saturated rings. The summed E-state index contributed by atoms with van der Waals surface area (Å²) in [6, 6.07) is 14.3. The van der Waals surface area contributed by atoms with Gasteiger partial charge in [0.2, 0.25) is 0 Å². The van der Waals surface area contributed by atoms with E-state index in [2.05, 4.69) is 0 Å². The number of aliphatic hydroxyl groups excluding tert-OH is 1. The normalized spacial score (nSPS) is 18.6. The first kappa shape index (κ1) is 16.7. The summed E-state index contributed by atoms with van der Waals surface area (Å²) in [5.41, 5.74) is 1.44. The molecule has 1 N–H and O–H groups in total. The molecule has 126 valence electrons.